The zero-order chi connectivity index (χ0) is 19.7. The molecule has 0 aromatic heterocycles. The fraction of sp³-hybridized carbons (Fsp3) is 0.0952. The van der Waals surface area contributed by atoms with E-state index in [-0.39, 0.29) is 4.90 Å². The van der Waals surface area contributed by atoms with E-state index in [0.29, 0.717) is 16.3 Å². The number of carbonyl (C=O) groups is 1. The molecule has 0 N–H and O–H groups in total. The number of benzene rings is 3. The van der Waals surface area contributed by atoms with E-state index in [1.165, 1.54) is 12.1 Å². The molecule has 0 aliphatic carbocycles. The third kappa shape index (κ3) is 3.25. The quantitative estimate of drug-likeness (QED) is 0.592. The fourth-order valence-electron chi connectivity index (χ4n) is 3.14. The molecule has 142 valence electrons. The van der Waals surface area contributed by atoms with E-state index in [1.54, 1.807) is 66.7 Å². The van der Waals surface area contributed by atoms with E-state index in [1.807, 2.05) is 6.07 Å². The Balaban J connectivity index is 1.73. The van der Waals surface area contributed by atoms with Crippen LogP contribution in [0.4, 0.5) is 0 Å². The second kappa shape index (κ2) is 7.30. The van der Waals surface area contributed by atoms with Gasteiger partial charge in [0.1, 0.15) is 11.8 Å². The second-order valence-electron chi connectivity index (χ2n) is 6.30. The molecule has 1 aliphatic rings. The molecule has 2 atom stereocenters. The highest BCUT2D eigenvalue weighted by Gasteiger charge is 2.56. The zero-order valence-corrected chi connectivity index (χ0v) is 16.2. The molecule has 0 unspecified atom stereocenters. The highest BCUT2D eigenvalue weighted by Crippen LogP contribution is 2.42. The lowest BCUT2D eigenvalue weighted by Crippen LogP contribution is -2.63. The van der Waals surface area contributed by atoms with Crippen LogP contribution in [-0.2, 0) is 14.8 Å². The van der Waals surface area contributed by atoms with E-state index in [9.17, 15) is 13.2 Å². The molecule has 0 saturated carbocycles. The number of para-hydroxylation sites is 1. The van der Waals surface area contributed by atoms with Crippen molar-refractivity contribution in [2.24, 2.45) is 0 Å². The first-order valence-electron chi connectivity index (χ1n) is 8.59. The molecular weight excluding hydrogens is 398 g/mol. The lowest BCUT2D eigenvalue weighted by atomic mass is 9.94. The summed E-state index contributed by atoms with van der Waals surface area (Å²) in [6.07, 6.45) is -0.943. The molecule has 1 fully saturated rings. The first kappa shape index (κ1) is 18.5. The number of β-lactam (4-membered cyclic amide) rings is 1. The normalized spacial score (nSPS) is 19.2. The fourth-order valence-corrected chi connectivity index (χ4v) is 4.87. The lowest BCUT2D eigenvalue weighted by molar-refractivity contribution is -0.153. The number of sulfonamides is 1. The lowest BCUT2D eigenvalue weighted by Gasteiger charge is -2.45. The van der Waals surface area contributed by atoms with Crippen LogP contribution in [0.5, 0.6) is 5.75 Å². The van der Waals surface area contributed by atoms with Gasteiger partial charge in [0.2, 0.25) is 6.10 Å². The molecule has 4 rings (SSSR count). The van der Waals surface area contributed by atoms with E-state index in [0.717, 1.165) is 4.31 Å². The number of nitrogens with zero attached hydrogens (tertiary/aromatic N) is 1. The molecule has 0 radical (unpaired) electrons. The Morgan fingerprint density at radius 1 is 0.821 bits per heavy atom. The van der Waals surface area contributed by atoms with Gasteiger partial charge in [-0.2, -0.15) is 0 Å². The molecule has 1 aliphatic heterocycles. The van der Waals surface area contributed by atoms with Gasteiger partial charge in [0, 0.05) is 5.02 Å². The minimum Gasteiger partial charge on any atom is -0.478 e. The number of hydrogen-bond donors (Lipinski definition) is 0. The Labute approximate surface area is 168 Å². The molecule has 1 heterocycles. The molecule has 5 nitrogen and oxygen atoms in total. The predicted octanol–water partition coefficient (Wildman–Crippen LogP) is 4.06. The Kier molecular flexibility index (Phi) is 4.83. The Bertz CT molecular complexity index is 1090. The van der Waals surface area contributed by atoms with Crippen LogP contribution < -0.4 is 4.74 Å². The molecule has 0 bridgehead atoms. The van der Waals surface area contributed by atoms with Crippen LogP contribution in [0.25, 0.3) is 0 Å². The van der Waals surface area contributed by atoms with Crippen LogP contribution in [0.1, 0.15) is 11.6 Å². The van der Waals surface area contributed by atoms with Gasteiger partial charge < -0.3 is 4.74 Å². The maximum absolute atomic E-state index is 13.1. The molecule has 7 heteroatoms. The average molecular weight is 414 g/mol. The van der Waals surface area contributed by atoms with Gasteiger partial charge in [-0.3, -0.25) is 4.79 Å². The first-order valence-corrected chi connectivity index (χ1v) is 10.4. The van der Waals surface area contributed by atoms with Crippen LogP contribution in [-0.4, -0.2) is 24.7 Å². The molecule has 1 saturated heterocycles. The van der Waals surface area contributed by atoms with Gasteiger partial charge in [-0.1, -0.05) is 60.1 Å². The van der Waals surface area contributed by atoms with Crippen molar-refractivity contribution in [3.05, 3.63) is 95.5 Å². The van der Waals surface area contributed by atoms with E-state index >= 15 is 0 Å². The monoisotopic (exact) mass is 413 g/mol. The standard InChI is InChI=1S/C21H16ClNO4S/c22-16-13-11-15(12-14-16)19-20(27-17-7-3-1-4-8-17)21(24)23(19)28(25,26)18-9-5-2-6-10-18/h1-14,19-20H/t19-,20+/m1/s1. The van der Waals surface area contributed by atoms with Crippen LogP contribution in [0.3, 0.4) is 0 Å². The number of halogens is 1. The first-order chi connectivity index (χ1) is 13.5. The van der Waals surface area contributed by atoms with Gasteiger partial charge in [-0.15, -0.1) is 0 Å². The summed E-state index contributed by atoms with van der Waals surface area (Å²) in [5.41, 5.74) is 0.629. The third-order valence-corrected chi connectivity index (χ3v) is 6.56. The van der Waals surface area contributed by atoms with Crippen LogP contribution in [0.2, 0.25) is 5.02 Å². The number of hydrogen-bond acceptors (Lipinski definition) is 4. The molecule has 28 heavy (non-hydrogen) atoms. The minimum absolute atomic E-state index is 0.0560. The van der Waals surface area contributed by atoms with Crippen LogP contribution in [0.15, 0.2) is 89.8 Å². The topological polar surface area (TPSA) is 63.7 Å². The highest BCUT2D eigenvalue weighted by molar-refractivity contribution is 7.89. The highest BCUT2D eigenvalue weighted by atomic mass is 35.5. The van der Waals surface area contributed by atoms with Crippen molar-refractivity contribution in [3.63, 3.8) is 0 Å². The summed E-state index contributed by atoms with van der Waals surface area (Å²) in [4.78, 5) is 12.9. The minimum atomic E-state index is -4.01. The zero-order valence-electron chi connectivity index (χ0n) is 14.6. The smallest absolute Gasteiger partial charge is 0.280 e. The SMILES string of the molecule is O=C1[C@@H](Oc2ccccc2)[C@@H](c2ccc(Cl)cc2)N1S(=O)(=O)c1ccccc1. The van der Waals surface area contributed by atoms with Crippen LogP contribution in [0, 0.1) is 0 Å². The van der Waals surface area contributed by atoms with E-state index < -0.39 is 28.1 Å². The summed E-state index contributed by atoms with van der Waals surface area (Å²) in [5.74, 6) is -0.107. The van der Waals surface area contributed by atoms with Crippen molar-refractivity contribution in [3.8, 4) is 5.75 Å². The second-order valence-corrected chi connectivity index (χ2v) is 8.55. The summed E-state index contributed by atoms with van der Waals surface area (Å²) in [6, 6.07) is 22.7. The van der Waals surface area contributed by atoms with Crippen molar-refractivity contribution in [2.45, 2.75) is 17.0 Å². The summed E-state index contributed by atoms with van der Waals surface area (Å²) in [5, 5.41) is 0.521. The summed E-state index contributed by atoms with van der Waals surface area (Å²) in [7, 11) is -4.01. The number of ether oxygens (including phenoxy) is 1. The number of amides is 1. The summed E-state index contributed by atoms with van der Waals surface area (Å²) in [6.45, 7) is 0. The maximum Gasteiger partial charge on any atom is 0.280 e. The van der Waals surface area contributed by atoms with Gasteiger partial charge in [-0.25, -0.2) is 12.7 Å². The number of carbonyl (C=O) groups excluding carboxylic acids is 1. The van der Waals surface area contributed by atoms with E-state index in [4.69, 9.17) is 16.3 Å². The Hall–Kier alpha value is -2.83. The van der Waals surface area contributed by atoms with Gasteiger partial charge in [0.25, 0.3) is 15.9 Å². The molecule has 0 spiro atoms. The molecule has 1 amide bonds. The van der Waals surface area contributed by atoms with Gasteiger partial charge >= 0.3 is 0 Å². The Morgan fingerprint density at radius 3 is 2.00 bits per heavy atom. The summed E-state index contributed by atoms with van der Waals surface area (Å²) < 4.78 is 32.9. The number of rotatable bonds is 5. The van der Waals surface area contributed by atoms with Crippen molar-refractivity contribution in [1.82, 2.24) is 4.31 Å². The van der Waals surface area contributed by atoms with Crippen LogP contribution >= 0.6 is 11.6 Å². The predicted molar refractivity (Wildman–Crippen MR) is 106 cm³/mol. The van der Waals surface area contributed by atoms with Crippen molar-refractivity contribution in [1.29, 1.82) is 0 Å². The molecule has 3 aromatic rings. The van der Waals surface area contributed by atoms with Gasteiger partial charge in [0.15, 0.2) is 0 Å². The summed E-state index contributed by atoms with van der Waals surface area (Å²) >= 11 is 5.96. The van der Waals surface area contributed by atoms with E-state index in [2.05, 4.69) is 0 Å². The van der Waals surface area contributed by atoms with Gasteiger partial charge in [-0.05, 0) is 42.0 Å². The largest absolute Gasteiger partial charge is 0.478 e. The van der Waals surface area contributed by atoms with Crippen molar-refractivity contribution in [2.75, 3.05) is 0 Å². The van der Waals surface area contributed by atoms with Crippen molar-refractivity contribution < 1.29 is 17.9 Å². The molecular formula is C21H16ClNO4S. The van der Waals surface area contributed by atoms with Gasteiger partial charge in [0.05, 0.1) is 4.90 Å². The average Bonchev–Trinajstić information content (AvgIpc) is 2.72. The Morgan fingerprint density at radius 2 is 1.39 bits per heavy atom. The third-order valence-electron chi connectivity index (χ3n) is 4.52. The molecule has 3 aromatic carbocycles. The maximum atomic E-state index is 13.1. The van der Waals surface area contributed by atoms with Crippen molar-refractivity contribution >= 4 is 27.5 Å².